The van der Waals surface area contributed by atoms with Crippen LogP contribution in [0.4, 0.5) is 0 Å². The lowest BCUT2D eigenvalue weighted by Crippen LogP contribution is -2.37. The van der Waals surface area contributed by atoms with E-state index in [1.165, 1.54) is 0 Å². The third kappa shape index (κ3) is 7.40. The highest BCUT2D eigenvalue weighted by Gasteiger charge is 2.08. The van der Waals surface area contributed by atoms with Gasteiger partial charge in [-0.2, -0.15) is 0 Å². The summed E-state index contributed by atoms with van der Waals surface area (Å²) in [4.78, 5) is 6.74. The maximum Gasteiger partial charge on any atom is 0.188 e. The van der Waals surface area contributed by atoms with Crippen molar-refractivity contribution >= 4 is 29.2 Å². The number of ether oxygens (including phenoxy) is 1. The van der Waals surface area contributed by atoms with Crippen LogP contribution in [0.2, 0.25) is 10.0 Å². The molecule has 1 aliphatic heterocycles. The van der Waals surface area contributed by atoms with E-state index in [4.69, 9.17) is 33.7 Å². The lowest BCUT2D eigenvalue weighted by molar-refractivity contribution is 0.0377. The summed E-state index contributed by atoms with van der Waals surface area (Å²) in [5, 5.41) is 4.42. The van der Waals surface area contributed by atoms with E-state index in [0.29, 0.717) is 22.5 Å². The first kappa shape index (κ1) is 18.3. The van der Waals surface area contributed by atoms with Crippen LogP contribution in [0, 0.1) is 0 Å². The smallest absolute Gasteiger partial charge is 0.188 e. The molecule has 7 heteroatoms. The maximum atomic E-state index is 5.98. The molecule has 1 aromatic rings. The fourth-order valence-electron chi connectivity index (χ4n) is 2.46. The second-order valence-electron chi connectivity index (χ2n) is 5.53. The largest absolute Gasteiger partial charge is 0.379 e. The molecule has 0 bridgehead atoms. The van der Waals surface area contributed by atoms with Crippen molar-refractivity contribution in [1.82, 2.24) is 10.2 Å². The molecule has 2 rings (SSSR count). The lowest BCUT2D eigenvalue weighted by atomic mass is 10.1. The van der Waals surface area contributed by atoms with Gasteiger partial charge in [0.15, 0.2) is 5.96 Å². The summed E-state index contributed by atoms with van der Waals surface area (Å²) in [6, 6.07) is 5.54. The van der Waals surface area contributed by atoms with E-state index in [1.54, 1.807) is 6.07 Å². The van der Waals surface area contributed by atoms with E-state index in [0.717, 1.165) is 57.8 Å². The van der Waals surface area contributed by atoms with Crippen molar-refractivity contribution in [2.45, 2.75) is 12.8 Å². The van der Waals surface area contributed by atoms with Gasteiger partial charge in [-0.05, 0) is 36.6 Å². The van der Waals surface area contributed by atoms with Crippen molar-refractivity contribution in [2.24, 2.45) is 10.7 Å². The molecule has 1 fully saturated rings. The van der Waals surface area contributed by atoms with Crippen molar-refractivity contribution in [1.29, 1.82) is 0 Å². The number of hydrogen-bond acceptors (Lipinski definition) is 3. The van der Waals surface area contributed by atoms with E-state index in [-0.39, 0.29) is 0 Å². The van der Waals surface area contributed by atoms with Crippen LogP contribution >= 0.6 is 23.2 Å². The van der Waals surface area contributed by atoms with Gasteiger partial charge in [0.1, 0.15) is 0 Å². The Balaban J connectivity index is 1.60. The van der Waals surface area contributed by atoms with E-state index in [2.05, 4.69) is 15.2 Å². The van der Waals surface area contributed by atoms with Gasteiger partial charge in [-0.1, -0.05) is 23.2 Å². The molecule has 0 saturated carbocycles. The molecule has 0 amide bonds. The first-order chi connectivity index (χ1) is 11.1. The Labute approximate surface area is 147 Å². The molecular weight excluding hydrogens is 335 g/mol. The second kappa shape index (κ2) is 9.98. The third-order valence-electron chi connectivity index (χ3n) is 3.66. The van der Waals surface area contributed by atoms with E-state index < -0.39 is 0 Å². The number of hydrogen-bond donors (Lipinski definition) is 2. The standard InChI is InChI=1S/C16H24Cl2N4O/c17-14-10-13(11-15(18)12-14)2-4-21-16(19)20-3-1-5-22-6-8-23-9-7-22/h10-12H,1-9H2,(H3,19,20,21). The van der Waals surface area contributed by atoms with Crippen LogP contribution in [-0.4, -0.2) is 56.8 Å². The van der Waals surface area contributed by atoms with E-state index in [1.807, 2.05) is 12.1 Å². The SMILES string of the molecule is NC(=NCCCN1CCOCC1)NCCc1cc(Cl)cc(Cl)c1. The van der Waals surface area contributed by atoms with Gasteiger partial charge in [-0.3, -0.25) is 9.89 Å². The van der Waals surface area contributed by atoms with Crippen LogP contribution in [0.5, 0.6) is 0 Å². The van der Waals surface area contributed by atoms with Crippen LogP contribution in [0.15, 0.2) is 23.2 Å². The highest BCUT2D eigenvalue weighted by atomic mass is 35.5. The molecule has 3 N–H and O–H groups in total. The normalized spacial score (nSPS) is 16.5. The first-order valence-corrected chi connectivity index (χ1v) is 8.68. The molecule has 0 aromatic heterocycles. The number of rotatable bonds is 7. The number of nitrogens with one attached hydrogen (secondary N) is 1. The molecule has 1 aliphatic rings. The quantitative estimate of drug-likeness (QED) is 0.445. The summed E-state index contributed by atoms with van der Waals surface area (Å²) in [7, 11) is 0. The van der Waals surface area contributed by atoms with Crippen molar-refractivity contribution in [3.8, 4) is 0 Å². The van der Waals surface area contributed by atoms with Gasteiger partial charge >= 0.3 is 0 Å². The number of benzene rings is 1. The molecule has 1 heterocycles. The van der Waals surface area contributed by atoms with Gasteiger partial charge in [-0.25, -0.2) is 0 Å². The maximum absolute atomic E-state index is 5.98. The van der Waals surface area contributed by atoms with Crippen molar-refractivity contribution in [3.63, 3.8) is 0 Å². The number of nitrogens with two attached hydrogens (primary N) is 1. The number of morpholine rings is 1. The Hall–Kier alpha value is -1.01. The molecule has 0 atom stereocenters. The number of guanidine groups is 1. The minimum absolute atomic E-state index is 0.486. The number of halogens is 2. The van der Waals surface area contributed by atoms with Gasteiger partial charge in [0.05, 0.1) is 13.2 Å². The van der Waals surface area contributed by atoms with Gasteiger partial charge < -0.3 is 15.8 Å². The average molecular weight is 359 g/mol. The van der Waals surface area contributed by atoms with Crippen molar-refractivity contribution in [3.05, 3.63) is 33.8 Å². The Morgan fingerprint density at radius 1 is 1.22 bits per heavy atom. The summed E-state index contributed by atoms with van der Waals surface area (Å²) >= 11 is 12.0. The summed E-state index contributed by atoms with van der Waals surface area (Å²) < 4.78 is 5.32. The van der Waals surface area contributed by atoms with E-state index >= 15 is 0 Å². The van der Waals surface area contributed by atoms with E-state index in [9.17, 15) is 0 Å². The molecule has 23 heavy (non-hydrogen) atoms. The molecule has 0 radical (unpaired) electrons. The summed E-state index contributed by atoms with van der Waals surface area (Å²) in [5.74, 6) is 0.486. The Morgan fingerprint density at radius 2 is 1.91 bits per heavy atom. The van der Waals surface area contributed by atoms with Crippen LogP contribution in [0.25, 0.3) is 0 Å². The van der Waals surface area contributed by atoms with Crippen LogP contribution in [-0.2, 0) is 11.2 Å². The first-order valence-electron chi connectivity index (χ1n) is 7.92. The van der Waals surface area contributed by atoms with Gasteiger partial charge in [0.2, 0.25) is 0 Å². The number of nitrogens with zero attached hydrogens (tertiary/aromatic N) is 2. The minimum atomic E-state index is 0.486. The predicted octanol–water partition coefficient (Wildman–Crippen LogP) is 2.16. The van der Waals surface area contributed by atoms with Crippen molar-refractivity contribution in [2.75, 3.05) is 45.9 Å². The third-order valence-corrected chi connectivity index (χ3v) is 4.10. The topological polar surface area (TPSA) is 62.9 Å². The second-order valence-corrected chi connectivity index (χ2v) is 6.40. The molecule has 1 aromatic carbocycles. The minimum Gasteiger partial charge on any atom is -0.379 e. The van der Waals surface area contributed by atoms with Gasteiger partial charge in [-0.15, -0.1) is 0 Å². The van der Waals surface area contributed by atoms with Gasteiger partial charge in [0.25, 0.3) is 0 Å². The molecule has 0 aliphatic carbocycles. The molecule has 0 unspecified atom stereocenters. The predicted molar refractivity (Wildman–Crippen MR) is 96.5 cm³/mol. The molecule has 5 nitrogen and oxygen atoms in total. The van der Waals surface area contributed by atoms with Crippen molar-refractivity contribution < 1.29 is 4.74 Å². The monoisotopic (exact) mass is 358 g/mol. The van der Waals surface area contributed by atoms with Gasteiger partial charge in [0, 0.05) is 42.8 Å². The van der Waals surface area contributed by atoms with Crippen LogP contribution in [0.3, 0.4) is 0 Å². The summed E-state index contributed by atoms with van der Waals surface area (Å²) in [5.41, 5.74) is 6.95. The zero-order valence-corrected chi connectivity index (χ0v) is 14.7. The zero-order chi connectivity index (χ0) is 16.5. The average Bonchev–Trinajstić information content (AvgIpc) is 2.52. The highest BCUT2D eigenvalue weighted by molar-refractivity contribution is 6.34. The molecule has 0 spiro atoms. The molecule has 128 valence electrons. The fourth-order valence-corrected chi connectivity index (χ4v) is 3.04. The Bertz CT molecular complexity index is 499. The van der Waals surface area contributed by atoms with Crippen LogP contribution in [0.1, 0.15) is 12.0 Å². The summed E-state index contributed by atoms with van der Waals surface area (Å²) in [6.45, 7) is 6.18. The highest BCUT2D eigenvalue weighted by Crippen LogP contribution is 2.19. The fraction of sp³-hybridized carbons (Fsp3) is 0.562. The summed E-state index contributed by atoms with van der Waals surface area (Å²) in [6.07, 6.45) is 1.80. The lowest BCUT2D eigenvalue weighted by Gasteiger charge is -2.26. The Morgan fingerprint density at radius 3 is 2.61 bits per heavy atom. The van der Waals surface area contributed by atoms with Crippen LogP contribution < -0.4 is 11.1 Å². The molecular formula is C16H24Cl2N4O. The Kier molecular flexibility index (Phi) is 7.95. The molecule has 1 saturated heterocycles. The zero-order valence-electron chi connectivity index (χ0n) is 13.2. The number of aliphatic imine (C=N–C) groups is 1.